The van der Waals surface area contributed by atoms with Crippen molar-refractivity contribution >= 4 is 5.96 Å². The van der Waals surface area contributed by atoms with Crippen molar-refractivity contribution in [1.82, 2.24) is 15.5 Å². The number of ether oxygens (including phenoxy) is 2. The van der Waals surface area contributed by atoms with Crippen molar-refractivity contribution in [2.24, 2.45) is 10.9 Å². The maximum atomic E-state index is 5.81. The predicted octanol–water partition coefficient (Wildman–Crippen LogP) is 2.12. The van der Waals surface area contributed by atoms with Crippen LogP contribution in [-0.4, -0.2) is 70.5 Å². The second-order valence-electron chi connectivity index (χ2n) is 7.25. The Bertz CT molecular complexity index is 534. The van der Waals surface area contributed by atoms with E-state index in [2.05, 4.69) is 39.6 Å². The van der Waals surface area contributed by atoms with Crippen LogP contribution in [0, 0.1) is 5.92 Å². The summed E-state index contributed by atoms with van der Waals surface area (Å²) in [5.74, 6) is 1.27. The molecule has 27 heavy (non-hydrogen) atoms. The molecule has 0 heterocycles. The highest BCUT2D eigenvalue weighted by molar-refractivity contribution is 5.79. The molecule has 0 amide bonds. The van der Waals surface area contributed by atoms with Gasteiger partial charge in [-0.25, -0.2) is 0 Å². The van der Waals surface area contributed by atoms with Gasteiger partial charge in [0, 0.05) is 46.4 Å². The van der Waals surface area contributed by atoms with Crippen LogP contribution in [0.15, 0.2) is 35.3 Å². The summed E-state index contributed by atoms with van der Waals surface area (Å²) in [6.45, 7) is 8.12. The lowest BCUT2D eigenvalue weighted by Crippen LogP contribution is -2.44. The van der Waals surface area contributed by atoms with Crippen molar-refractivity contribution < 1.29 is 9.47 Å². The monoisotopic (exact) mass is 376 g/mol. The molecular formula is C21H36N4O2. The number of rotatable bonds is 13. The Labute approximate surface area is 164 Å². The van der Waals surface area contributed by atoms with Gasteiger partial charge in [0.1, 0.15) is 0 Å². The van der Waals surface area contributed by atoms with Gasteiger partial charge in [-0.2, -0.15) is 0 Å². The molecule has 0 bridgehead atoms. The lowest BCUT2D eigenvalue weighted by molar-refractivity contribution is 0.0931. The summed E-state index contributed by atoms with van der Waals surface area (Å²) in [6.07, 6.45) is 2.63. The first-order chi connectivity index (χ1) is 13.2. The number of aliphatic imine (C=N–C) groups is 1. The Kier molecular flexibility index (Phi) is 10.2. The molecule has 1 aliphatic rings. The molecule has 1 fully saturated rings. The molecule has 1 atom stereocenters. The molecule has 0 radical (unpaired) electrons. The van der Waals surface area contributed by atoms with Crippen LogP contribution in [0.5, 0.6) is 0 Å². The molecule has 0 spiro atoms. The highest BCUT2D eigenvalue weighted by Crippen LogP contribution is 2.25. The van der Waals surface area contributed by atoms with Gasteiger partial charge in [0.05, 0.1) is 19.8 Å². The third-order valence-electron chi connectivity index (χ3n) is 4.69. The summed E-state index contributed by atoms with van der Waals surface area (Å²) < 4.78 is 11.0. The standard InChI is InChI=1S/C21H36N4O2/c1-18(16-27-17-19-7-5-4-6-8-19)15-24-21(22-2)23-11-12-25(13-14-26-3)20-9-10-20/h4-8,18,20H,9-17H2,1-3H3,(H2,22,23,24). The van der Waals surface area contributed by atoms with Gasteiger partial charge in [0.15, 0.2) is 5.96 Å². The minimum absolute atomic E-state index is 0.414. The Balaban J connectivity index is 1.57. The largest absolute Gasteiger partial charge is 0.383 e. The molecule has 1 aliphatic carbocycles. The first-order valence-electron chi connectivity index (χ1n) is 10.0. The minimum atomic E-state index is 0.414. The van der Waals surface area contributed by atoms with E-state index in [4.69, 9.17) is 9.47 Å². The van der Waals surface area contributed by atoms with E-state index in [9.17, 15) is 0 Å². The van der Waals surface area contributed by atoms with Crippen molar-refractivity contribution in [1.29, 1.82) is 0 Å². The second-order valence-corrected chi connectivity index (χ2v) is 7.25. The number of guanidine groups is 1. The van der Waals surface area contributed by atoms with E-state index in [0.29, 0.717) is 12.5 Å². The fraction of sp³-hybridized carbons (Fsp3) is 0.667. The number of nitrogens with zero attached hydrogens (tertiary/aromatic N) is 2. The van der Waals surface area contributed by atoms with E-state index in [0.717, 1.165) is 51.4 Å². The van der Waals surface area contributed by atoms with Crippen LogP contribution in [0.4, 0.5) is 0 Å². The maximum absolute atomic E-state index is 5.81. The molecule has 6 heteroatoms. The van der Waals surface area contributed by atoms with Gasteiger partial charge in [-0.05, 0) is 24.3 Å². The van der Waals surface area contributed by atoms with Crippen LogP contribution in [0.3, 0.4) is 0 Å². The summed E-state index contributed by atoms with van der Waals surface area (Å²) in [6, 6.07) is 11.0. The van der Waals surface area contributed by atoms with Crippen molar-refractivity contribution in [3.05, 3.63) is 35.9 Å². The topological polar surface area (TPSA) is 58.1 Å². The fourth-order valence-electron chi connectivity index (χ4n) is 2.95. The van der Waals surface area contributed by atoms with Crippen LogP contribution in [0.2, 0.25) is 0 Å². The minimum Gasteiger partial charge on any atom is -0.383 e. The first kappa shape index (κ1) is 21.7. The molecule has 0 aliphatic heterocycles. The van der Waals surface area contributed by atoms with Crippen molar-refractivity contribution in [2.75, 3.05) is 53.6 Å². The number of hydrogen-bond acceptors (Lipinski definition) is 4. The molecule has 1 aromatic carbocycles. The molecule has 152 valence electrons. The van der Waals surface area contributed by atoms with E-state index >= 15 is 0 Å². The van der Waals surface area contributed by atoms with E-state index in [1.54, 1.807) is 7.11 Å². The van der Waals surface area contributed by atoms with E-state index < -0.39 is 0 Å². The summed E-state index contributed by atoms with van der Waals surface area (Å²) in [4.78, 5) is 6.82. The third kappa shape index (κ3) is 9.22. The van der Waals surface area contributed by atoms with Crippen molar-refractivity contribution in [3.63, 3.8) is 0 Å². The Morgan fingerprint density at radius 3 is 2.67 bits per heavy atom. The average molecular weight is 377 g/mol. The Morgan fingerprint density at radius 1 is 1.22 bits per heavy atom. The first-order valence-corrected chi connectivity index (χ1v) is 10.0. The van der Waals surface area contributed by atoms with Gasteiger partial charge < -0.3 is 20.1 Å². The highest BCUT2D eigenvalue weighted by Gasteiger charge is 2.28. The quantitative estimate of drug-likeness (QED) is 0.408. The van der Waals surface area contributed by atoms with Crippen LogP contribution in [-0.2, 0) is 16.1 Å². The van der Waals surface area contributed by atoms with Gasteiger partial charge >= 0.3 is 0 Å². The van der Waals surface area contributed by atoms with Gasteiger partial charge in [-0.15, -0.1) is 0 Å². The lowest BCUT2D eigenvalue weighted by Gasteiger charge is -2.22. The normalized spacial score (nSPS) is 15.8. The molecule has 6 nitrogen and oxygen atoms in total. The number of nitrogens with one attached hydrogen (secondary N) is 2. The van der Waals surface area contributed by atoms with Crippen LogP contribution in [0.1, 0.15) is 25.3 Å². The Hall–Kier alpha value is -1.63. The highest BCUT2D eigenvalue weighted by atomic mass is 16.5. The number of methoxy groups -OCH3 is 1. The van der Waals surface area contributed by atoms with Gasteiger partial charge in [0.2, 0.25) is 0 Å². The molecular weight excluding hydrogens is 340 g/mol. The summed E-state index contributed by atoms with van der Waals surface area (Å²) in [5.41, 5.74) is 1.21. The van der Waals surface area contributed by atoms with Gasteiger partial charge in [0.25, 0.3) is 0 Å². The maximum Gasteiger partial charge on any atom is 0.191 e. The number of benzene rings is 1. The molecule has 1 saturated carbocycles. The number of hydrogen-bond donors (Lipinski definition) is 2. The molecule has 0 saturated heterocycles. The predicted molar refractivity (Wildman–Crippen MR) is 111 cm³/mol. The molecule has 1 aromatic rings. The van der Waals surface area contributed by atoms with E-state index in [-0.39, 0.29) is 0 Å². The summed E-state index contributed by atoms with van der Waals surface area (Å²) in [5, 5.41) is 6.81. The van der Waals surface area contributed by atoms with Crippen molar-refractivity contribution in [3.8, 4) is 0 Å². The fourth-order valence-corrected chi connectivity index (χ4v) is 2.95. The molecule has 2 N–H and O–H groups in total. The van der Waals surface area contributed by atoms with E-state index in [1.807, 2.05) is 25.2 Å². The summed E-state index contributed by atoms with van der Waals surface area (Å²) in [7, 11) is 3.58. The SMILES string of the molecule is CN=C(NCCN(CCOC)C1CC1)NCC(C)COCc1ccccc1. The Morgan fingerprint density at radius 2 is 2.00 bits per heavy atom. The zero-order chi connectivity index (χ0) is 19.3. The van der Waals surface area contributed by atoms with Crippen molar-refractivity contribution in [2.45, 2.75) is 32.4 Å². The zero-order valence-corrected chi connectivity index (χ0v) is 17.1. The third-order valence-corrected chi connectivity index (χ3v) is 4.69. The van der Waals surface area contributed by atoms with Crippen LogP contribution < -0.4 is 10.6 Å². The molecule has 1 unspecified atom stereocenters. The van der Waals surface area contributed by atoms with Crippen LogP contribution >= 0.6 is 0 Å². The lowest BCUT2D eigenvalue weighted by atomic mass is 10.2. The van der Waals surface area contributed by atoms with Gasteiger partial charge in [-0.3, -0.25) is 9.89 Å². The van der Waals surface area contributed by atoms with E-state index in [1.165, 1.54) is 18.4 Å². The summed E-state index contributed by atoms with van der Waals surface area (Å²) >= 11 is 0. The zero-order valence-electron chi connectivity index (χ0n) is 17.1. The second kappa shape index (κ2) is 12.7. The molecule has 0 aromatic heterocycles. The smallest absolute Gasteiger partial charge is 0.191 e. The van der Waals surface area contributed by atoms with Crippen LogP contribution in [0.25, 0.3) is 0 Å². The average Bonchev–Trinajstić information content (AvgIpc) is 3.53. The van der Waals surface area contributed by atoms with Gasteiger partial charge in [-0.1, -0.05) is 37.3 Å². The molecule has 2 rings (SSSR count).